The van der Waals surface area contributed by atoms with Crippen molar-refractivity contribution in [3.05, 3.63) is 234 Å². The van der Waals surface area contributed by atoms with Crippen LogP contribution in [0.15, 0.2) is 133 Å². The van der Waals surface area contributed by atoms with Gasteiger partial charge in [0.15, 0.2) is 28.9 Å². The van der Waals surface area contributed by atoms with Gasteiger partial charge in [-0.15, -0.1) is 6.42 Å². The van der Waals surface area contributed by atoms with Crippen molar-refractivity contribution in [1.29, 1.82) is 0 Å². The van der Waals surface area contributed by atoms with Gasteiger partial charge in [0.25, 0.3) is 5.91 Å². The average Bonchev–Trinajstić information content (AvgIpc) is 1.61. The molecule has 0 aliphatic carbocycles. The third kappa shape index (κ3) is 25.4. The van der Waals surface area contributed by atoms with Crippen molar-refractivity contribution in [1.82, 2.24) is 42.5 Å². The highest BCUT2D eigenvalue weighted by molar-refractivity contribution is 6.13. The Labute approximate surface area is 863 Å². The number of anilines is 1. The Morgan fingerprint density at radius 2 is 0.897 bits per heavy atom. The van der Waals surface area contributed by atoms with Crippen molar-refractivity contribution in [2.24, 2.45) is 42.3 Å². The Bertz CT molecular complexity index is 7160. The van der Waals surface area contributed by atoms with Crippen LogP contribution >= 0.6 is 0 Å². The molecule has 2 fully saturated rings. The number of carbonyl (C=O) groups excluding carboxylic acids is 7. The first-order valence-corrected chi connectivity index (χ1v) is 51.9. The molecule has 3 aliphatic rings. The molecule has 21 heteroatoms. The van der Waals surface area contributed by atoms with E-state index in [-0.39, 0.29) is 84.4 Å². The quantitative estimate of drug-likeness (QED) is 0.0704. The van der Waals surface area contributed by atoms with Crippen LogP contribution < -0.4 is 20.6 Å². The molecule has 0 saturated carbocycles. The number of ketones is 5. The van der Waals surface area contributed by atoms with Crippen LogP contribution in [-0.4, -0.2) is 124 Å². The predicted octanol–water partition coefficient (Wildman–Crippen LogP) is 27.5. The van der Waals surface area contributed by atoms with Crippen molar-refractivity contribution in [2.45, 2.75) is 321 Å². The number of benzene rings is 7. The number of aromatic nitrogens is 8. The Morgan fingerprint density at radius 1 is 0.476 bits per heavy atom. The average molecular weight is 1970 g/mol. The lowest BCUT2D eigenvalue weighted by Gasteiger charge is -2.32. The van der Waals surface area contributed by atoms with Crippen molar-refractivity contribution in [3.63, 3.8) is 0 Å². The van der Waals surface area contributed by atoms with Gasteiger partial charge in [-0.2, -0.15) is 5.10 Å². The summed E-state index contributed by atoms with van der Waals surface area (Å²) in [6, 6.07) is 33.5. The Morgan fingerprint density at radius 3 is 1.33 bits per heavy atom. The minimum absolute atomic E-state index is 0.0177. The van der Waals surface area contributed by atoms with Crippen LogP contribution in [0.4, 0.5) is 5.69 Å². The largest absolute Gasteiger partial charge is 0.495 e. The molecule has 0 atom stereocenters. The molecule has 3 aliphatic heterocycles. The van der Waals surface area contributed by atoms with E-state index in [1.807, 2.05) is 143 Å². The summed E-state index contributed by atoms with van der Waals surface area (Å²) in [6.07, 6.45) is 20.7. The number of ether oxygens (including phenoxy) is 3. The second-order valence-corrected chi connectivity index (χ2v) is 47.0. The number of allylic oxidation sites excluding steroid dienone is 1. The molecule has 145 heavy (non-hydrogen) atoms. The summed E-state index contributed by atoms with van der Waals surface area (Å²) in [6.45, 7) is 68.8. The zero-order valence-corrected chi connectivity index (χ0v) is 94.5. The summed E-state index contributed by atoms with van der Waals surface area (Å²) in [5.74, 6) is 5.46. The number of terminal acetylenes is 1. The molecule has 9 heterocycles. The number of nitrogens with one attached hydrogen (secondary N) is 1. The number of aryl methyl sites for hydroxylation is 6. The van der Waals surface area contributed by atoms with E-state index in [4.69, 9.17) is 25.7 Å². The number of carbonyl (C=O) groups is 7. The maximum absolute atomic E-state index is 12.5. The van der Waals surface area contributed by atoms with E-state index < -0.39 is 0 Å². The normalized spacial score (nSPS) is 13.9. The topological polar surface area (TPSA) is 227 Å². The van der Waals surface area contributed by atoms with Gasteiger partial charge >= 0.3 is 5.69 Å². The number of hydrogen-bond donors (Lipinski definition) is 1. The zero-order chi connectivity index (χ0) is 108. The summed E-state index contributed by atoms with van der Waals surface area (Å²) in [4.78, 5) is 98.6. The van der Waals surface area contributed by atoms with E-state index in [1.54, 1.807) is 54.4 Å². The second-order valence-electron chi connectivity index (χ2n) is 47.0. The molecule has 0 radical (unpaired) electrons. The summed E-state index contributed by atoms with van der Waals surface area (Å²) < 4.78 is 30.3. The number of fused-ring (bicyclic) bond motifs is 7. The number of imidazole rings is 1. The Hall–Kier alpha value is -12.3. The van der Waals surface area contributed by atoms with Gasteiger partial charge in [0.05, 0.1) is 63.9 Å². The Balaban J connectivity index is 0.000000174. The van der Waals surface area contributed by atoms with Gasteiger partial charge < -0.3 is 42.7 Å². The second kappa shape index (κ2) is 45.4. The fourth-order valence-corrected chi connectivity index (χ4v) is 19.7. The zero-order valence-electron chi connectivity index (χ0n) is 94.5. The van der Waals surface area contributed by atoms with Crippen LogP contribution in [0.1, 0.15) is 400 Å². The molecule has 1 N–H and O–H groups in total. The number of amides is 2. The van der Waals surface area contributed by atoms with Crippen molar-refractivity contribution >= 4 is 118 Å². The summed E-state index contributed by atoms with van der Waals surface area (Å²) in [5, 5.41) is 12.9. The molecular weight excluding hydrogens is 1810 g/mol. The van der Waals surface area contributed by atoms with E-state index in [2.05, 4.69) is 236 Å². The van der Waals surface area contributed by atoms with Crippen LogP contribution in [0.5, 0.6) is 5.75 Å². The fourth-order valence-electron chi connectivity index (χ4n) is 19.7. The summed E-state index contributed by atoms with van der Waals surface area (Å²) in [5.41, 5.74) is 26.8. The van der Waals surface area contributed by atoms with Gasteiger partial charge in [-0.05, 0) is 221 Å². The lowest BCUT2D eigenvalue weighted by Crippen LogP contribution is -2.43. The van der Waals surface area contributed by atoms with E-state index in [9.17, 15) is 38.4 Å². The SMILES string of the molecule is C#Cc1cc2c(cc1C(C)(C)C)n(C)c(=O)n2C.C=C(C)c1cc(C(C)(C)C)cc2c(C(=O)CC)cn(C)c12.CCC(=O)c1ccc2c(c1)c(C(C)(C)C)nn2C1CCOCC1.CCC(=O)c1cn(C)c2c(C(C)C)cc(C(C)(C)C)cc12.CCC(=O)c1cn(C)c2c(C3CCOCC3)cc(C(C)(C)C)cc12.CCC(=O)c1cn(C)c2c(OC)cc(C(C)(C)C)cc12.CNC(=O)c1ccc2c(c1)N(C(C)(C)C)C(=O)C2. The Kier molecular flexibility index (Phi) is 35.9. The monoisotopic (exact) mass is 1970 g/mol. The van der Waals surface area contributed by atoms with Gasteiger partial charge in [0, 0.05) is 221 Å². The van der Waals surface area contributed by atoms with E-state index in [0.29, 0.717) is 62.0 Å². The van der Waals surface area contributed by atoms with Gasteiger partial charge in [-0.3, -0.25) is 47.4 Å². The molecule has 6 aromatic heterocycles. The highest BCUT2D eigenvalue weighted by Gasteiger charge is 2.37. The van der Waals surface area contributed by atoms with Crippen molar-refractivity contribution in [3.8, 4) is 18.1 Å². The molecule has 2 saturated heterocycles. The molecule has 21 nitrogen and oxygen atoms in total. The molecule has 0 bridgehead atoms. The van der Waals surface area contributed by atoms with Crippen LogP contribution in [0, 0.1) is 12.3 Å². The summed E-state index contributed by atoms with van der Waals surface area (Å²) >= 11 is 0. The van der Waals surface area contributed by atoms with E-state index in [1.165, 1.54) is 44.4 Å². The standard InChI is InChI=1S/C21H29NO2.C19H26N2O2.C19H27NO.C19H25NO.C17H23NO2.C15H18N2O.C14H18N2O2/c1-6-19(23)18-13-22(5)20-16(14-7-9-24-10-8-14)11-15(12-17(18)20)21(2,3)4;1-5-17(22)13-6-7-16-15(12-13)18(19(2,3)4)20-21(16)14-8-10-23-11-9-14;2*1-8-17(21)16-11-20(7)18-14(12(2)3)9-13(10-15(16)18)19(4,5)6;1-7-14(19)13-10-18(5)16-12(13)8-11(17(2,3)4)9-15(16)20-6;1-7-10-8-12-13(9-11(10)15(2,3)4)17(6)14(18)16(12)5;1-14(2,3)16-11-7-10(13(18)15-4)6-5-9(11)8-12(16)17/h11-14H,6-10H2,1-5H3;6-7,12,14H,5,8-11H2,1-4H3;9-12H,8H2,1-7H3;9-11H,2,8H2,1,3-7H3;8-10H,7H2,1-6H3;1,8-9H,2-6H3;5-7H,8H2,1-4H3,(H,15,18). The van der Waals surface area contributed by atoms with Gasteiger partial charge in [0.1, 0.15) is 5.75 Å². The molecule has 0 spiro atoms. The van der Waals surface area contributed by atoms with E-state index in [0.717, 1.165) is 179 Å². The van der Waals surface area contributed by atoms with Crippen LogP contribution in [0.2, 0.25) is 0 Å². The maximum atomic E-state index is 12.5. The number of nitrogens with zero attached hydrogens (tertiary/aromatic N) is 9. The highest BCUT2D eigenvalue weighted by Crippen LogP contribution is 2.44. The predicted molar refractivity (Wildman–Crippen MR) is 601 cm³/mol. The first-order chi connectivity index (χ1) is 67.5. The molecule has 778 valence electrons. The van der Waals surface area contributed by atoms with Crippen LogP contribution in [0.3, 0.4) is 0 Å². The first kappa shape index (κ1) is 115. The minimum atomic E-state index is -0.274. The van der Waals surface area contributed by atoms with E-state index >= 15 is 0 Å². The molecule has 2 amide bonds. The molecule has 0 unspecified atom stereocenters. The fraction of sp³-hybridized carbons (Fsp3) is 0.492. The number of hydrogen-bond acceptors (Lipinski definition) is 12. The molecule has 7 aromatic carbocycles. The maximum Gasteiger partial charge on any atom is 0.328 e. The smallest absolute Gasteiger partial charge is 0.328 e. The molecule has 16 rings (SSSR count). The lowest BCUT2D eigenvalue weighted by atomic mass is 9.81. The van der Waals surface area contributed by atoms with Crippen LogP contribution in [0.25, 0.3) is 71.1 Å². The van der Waals surface area contributed by atoms with Crippen molar-refractivity contribution in [2.75, 3.05) is 45.5 Å². The lowest BCUT2D eigenvalue weighted by molar-refractivity contribution is -0.118. The molecular formula is C124H166N10O11. The van der Waals surface area contributed by atoms with Gasteiger partial charge in [-0.25, -0.2) is 4.79 Å². The first-order valence-electron chi connectivity index (χ1n) is 51.9. The van der Waals surface area contributed by atoms with Gasteiger partial charge in [-0.1, -0.05) is 204 Å². The number of methoxy groups -OCH3 is 1. The molecule has 13 aromatic rings. The van der Waals surface area contributed by atoms with Crippen molar-refractivity contribution < 1.29 is 47.8 Å². The third-order valence-corrected chi connectivity index (χ3v) is 28.3. The van der Waals surface area contributed by atoms with Gasteiger partial charge in [0.2, 0.25) is 5.91 Å². The number of rotatable bonds is 16. The van der Waals surface area contributed by atoms with Crippen LogP contribution in [-0.2, 0) is 95.5 Å². The number of Topliss-reactive ketones (excluding diaryl/α,β-unsaturated/α-hetero) is 5. The summed E-state index contributed by atoms with van der Waals surface area (Å²) in [7, 11) is 14.9. The minimum Gasteiger partial charge on any atom is -0.495 e. The highest BCUT2D eigenvalue weighted by atomic mass is 16.5. The third-order valence-electron chi connectivity index (χ3n) is 28.3.